The first kappa shape index (κ1) is 20.5. The number of rotatable bonds is 6. The second-order valence-electron chi connectivity index (χ2n) is 9.36. The molecule has 33 heavy (non-hydrogen) atoms. The van der Waals surface area contributed by atoms with E-state index in [9.17, 15) is 4.79 Å². The van der Waals surface area contributed by atoms with Crippen LogP contribution in [0.4, 0.5) is 5.69 Å². The summed E-state index contributed by atoms with van der Waals surface area (Å²) >= 11 is 6.30. The maximum Gasteiger partial charge on any atom is 0.259 e. The van der Waals surface area contributed by atoms with E-state index in [1.54, 1.807) is 30.2 Å². The summed E-state index contributed by atoms with van der Waals surface area (Å²) in [5.74, 6) is 0.747. The van der Waals surface area contributed by atoms with Gasteiger partial charge in [-0.05, 0) is 37.1 Å². The van der Waals surface area contributed by atoms with Crippen molar-refractivity contribution in [1.29, 1.82) is 0 Å². The molecule has 1 aliphatic carbocycles. The number of benzene rings is 1. The van der Waals surface area contributed by atoms with Gasteiger partial charge in [-0.3, -0.25) is 9.20 Å². The Balaban J connectivity index is 1.01. The lowest BCUT2D eigenvalue weighted by molar-refractivity contribution is -0.117. The maximum atomic E-state index is 12.5. The molecular weight excluding hydrogens is 440 g/mol. The molecule has 0 amide bonds. The van der Waals surface area contributed by atoms with Gasteiger partial charge < -0.3 is 19.5 Å². The first-order chi connectivity index (χ1) is 16.0. The average molecular weight is 465 g/mol. The molecule has 3 aromatic heterocycles. The van der Waals surface area contributed by atoms with Crippen LogP contribution in [-0.4, -0.2) is 56.3 Å². The van der Waals surface area contributed by atoms with Crippen LogP contribution in [0.15, 0.2) is 53.8 Å². The second kappa shape index (κ2) is 7.74. The molecule has 1 N–H and O–H groups in total. The predicted molar refractivity (Wildman–Crippen MR) is 128 cm³/mol. The second-order valence-corrected chi connectivity index (χ2v) is 9.77. The Kier molecular flexibility index (Phi) is 4.81. The van der Waals surface area contributed by atoms with E-state index < -0.39 is 0 Å². The van der Waals surface area contributed by atoms with Crippen LogP contribution < -0.4 is 15.6 Å². The van der Waals surface area contributed by atoms with Crippen LogP contribution in [0.2, 0.25) is 5.02 Å². The minimum Gasteiger partial charge on any atom is -0.490 e. The summed E-state index contributed by atoms with van der Waals surface area (Å²) in [5, 5.41) is 13.2. The topological polar surface area (TPSA) is 76.7 Å². The molecule has 4 heterocycles. The molecule has 1 spiro atoms. The third-order valence-corrected chi connectivity index (χ3v) is 7.26. The first-order valence-electron chi connectivity index (χ1n) is 11.2. The number of halogens is 1. The predicted octanol–water partition coefficient (Wildman–Crippen LogP) is 3.19. The van der Waals surface area contributed by atoms with Crippen LogP contribution in [0.3, 0.4) is 0 Å². The summed E-state index contributed by atoms with van der Waals surface area (Å²) in [6, 6.07) is 9.59. The third kappa shape index (κ3) is 3.63. The molecule has 2 fully saturated rings. The summed E-state index contributed by atoms with van der Waals surface area (Å²) in [4.78, 5) is 15.0. The lowest BCUT2D eigenvalue weighted by atomic mass is 9.62. The number of likely N-dealkylation sites (tertiary alicyclic amines) is 1. The van der Waals surface area contributed by atoms with Crippen molar-refractivity contribution in [2.24, 2.45) is 12.5 Å². The number of nitrogens with one attached hydrogen (secondary N) is 1. The van der Waals surface area contributed by atoms with E-state index in [-0.39, 0.29) is 11.7 Å². The zero-order valence-electron chi connectivity index (χ0n) is 18.4. The van der Waals surface area contributed by atoms with Gasteiger partial charge in [-0.25, -0.2) is 0 Å². The Morgan fingerprint density at radius 2 is 2.06 bits per heavy atom. The molecule has 2 aliphatic rings. The highest BCUT2D eigenvalue weighted by molar-refractivity contribution is 6.35. The van der Waals surface area contributed by atoms with Crippen molar-refractivity contribution < 1.29 is 4.74 Å². The molecule has 1 saturated carbocycles. The highest BCUT2D eigenvalue weighted by Gasteiger charge is 2.53. The van der Waals surface area contributed by atoms with Crippen molar-refractivity contribution in [3.05, 3.63) is 64.4 Å². The van der Waals surface area contributed by atoms with Gasteiger partial charge in [0.2, 0.25) is 0 Å². The number of hydrogen-bond donors (Lipinski definition) is 1. The number of aromatic nitrogens is 4. The van der Waals surface area contributed by atoms with Gasteiger partial charge in [-0.1, -0.05) is 11.6 Å². The van der Waals surface area contributed by atoms with Crippen LogP contribution in [0.5, 0.6) is 5.75 Å². The molecule has 0 atom stereocenters. The van der Waals surface area contributed by atoms with Crippen molar-refractivity contribution in [3.63, 3.8) is 0 Å². The fourth-order valence-corrected chi connectivity index (χ4v) is 5.51. The normalized spacial score (nSPS) is 17.9. The van der Waals surface area contributed by atoms with E-state index in [0.717, 1.165) is 61.5 Å². The van der Waals surface area contributed by atoms with Crippen LogP contribution in [0.1, 0.15) is 12.8 Å². The minimum atomic E-state index is -0.0994. The van der Waals surface area contributed by atoms with E-state index >= 15 is 0 Å². The van der Waals surface area contributed by atoms with Crippen molar-refractivity contribution in [1.82, 2.24) is 24.1 Å². The molecule has 9 heteroatoms. The lowest BCUT2D eigenvalue weighted by Gasteiger charge is -2.58. The molecule has 0 bridgehead atoms. The highest BCUT2D eigenvalue weighted by Crippen LogP contribution is 2.50. The molecule has 1 aromatic carbocycles. The Labute approximate surface area is 195 Å². The molecule has 6 rings (SSSR count). The molecule has 0 unspecified atom stereocenters. The van der Waals surface area contributed by atoms with Crippen LogP contribution in [0.25, 0.3) is 16.4 Å². The van der Waals surface area contributed by atoms with Crippen LogP contribution in [-0.2, 0) is 7.05 Å². The molecule has 1 aliphatic heterocycles. The monoisotopic (exact) mass is 464 g/mol. The zero-order chi connectivity index (χ0) is 22.6. The summed E-state index contributed by atoms with van der Waals surface area (Å²) in [6.07, 6.45) is 7.72. The number of nitrogens with zero attached hydrogens (tertiary/aromatic N) is 5. The van der Waals surface area contributed by atoms with Gasteiger partial charge in [0.15, 0.2) is 5.65 Å². The van der Waals surface area contributed by atoms with Gasteiger partial charge >= 0.3 is 0 Å². The Bertz CT molecular complexity index is 1400. The molecule has 4 aromatic rings. The number of fused-ring (bicyclic) bond motifs is 2. The van der Waals surface area contributed by atoms with E-state index in [2.05, 4.69) is 20.4 Å². The minimum absolute atomic E-state index is 0.0994. The zero-order valence-corrected chi connectivity index (χ0v) is 19.1. The number of pyridine rings is 2. The van der Waals surface area contributed by atoms with Crippen molar-refractivity contribution in [3.8, 4) is 5.75 Å². The van der Waals surface area contributed by atoms with E-state index in [4.69, 9.17) is 16.3 Å². The molecule has 8 nitrogen and oxygen atoms in total. The van der Waals surface area contributed by atoms with E-state index in [1.165, 1.54) is 0 Å². The quantitative estimate of drug-likeness (QED) is 0.472. The van der Waals surface area contributed by atoms with Crippen molar-refractivity contribution in [2.45, 2.75) is 18.9 Å². The average Bonchev–Trinajstić information content (AvgIpc) is 3.22. The molecule has 170 valence electrons. The summed E-state index contributed by atoms with van der Waals surface area (Å²) in [7, 11) is 1.73. The van der Waals surface area contributed by atoms with Gasteiger partial charge in [0.1, 0.15) is 12.1 Å². The smallest absolute Gasteiger partial charge is 0.259 e. The Hall–Kier alpha value is -3.10. The number of anilines is 1. The fraction of sp³-hybridized carbons (Fsp3) is 0.375. The first-order valence-corrected chi connectivity index (χ1v) is 11.6. The number of hydrogen-bond acceptors (Lipinski definition) is 6. The Morgan fingerprint density at radius 1 is 1.21 bits per heavy atom. The SMILES string of the molecule is Cn1ccc2c(OC3CC4(C3)CN(CCNc3ccn5cnnc5c3)C4)ccc(Cl)c2c1=O. The van der Waals surface area contributed by atoms with E-state index in [0.29, 0.717) is 15.8 Å². The van der Waals surface area contributed by atoms with Gasteiger partial charge in [-0.2, -0.15) is 0 Å². The highest BCUT2D eigenvalue weighted by atomic mass is 35.5. The standard InChI is InChI=1S/C24H25ClN6O2/c1-29-7-5-18-20(3-2-19(25)22(18)23(29)32)33-17-11-24(12-17)13-30(14-24)9-6-26-16-4-8-31-15-27-28-21(31)10-16/h2-5,7-8,10,15,17,26H,6,9,11-14H2,1H3. The van der Waals surface area contributed by atoms with Gasteiger partial charge in [0.25, 0.3) is 5.56 Å². The number of ether oxygens (including phenoxy) is 1. The van der Waals surface area contributed by atoms with E-state index in [1.807, 2.05) is 34.9 Å². The third-order valence-electron chi connectivity index (χ3n) is 6.94. The largest absolute Gasteiger partial charge is 0.490 e. The van der Waals surface area contributed by atoms with Crippen LogP contribution in [0, 0.1) is 5.41 Å². The maximum absolute atomic E-state index is 12.5. The Morgan fingerprint density at radius 3 is 2.91 bits per heavy atom. The fourth-order valence-electron chi connectivity index (χ4n) is 5.26. The summed E-state index contributed by atoms with van der Waals surface area (Å²) in [5.41, 5.74) is 2.19. The summed E-state index contributed by atoms with van der Waals surface area (Å²) < 4.78 is 9.73. The van der Waals surface area contributed by atoms with Crippen molar-refractivity contribution in [2.75, 3.05) is 31.5 Å². The number of aryl methyl sites for hydroxylation is 1. The lowest BCUT2D eigenvalue weighted by Crippen LogP contribution is -2.65. The van der Waals surface area contributed by atoms with Gasteiger partial charge in [-0.15, -0.1) is 10.2 Å². The van der Waals surface area contributed by atoms with Crippen molar-refractivity contribution >= 4 is 33.7 Å². The van der Waals surface area contributed by atoms with Gasteiger partial charge in [0.05, 0.1) is 16.5 Å². The molecular formula is C24H25ClN6O2. The summed E-state index contributed by atoms with van der Waals surface area (Å²) in [6.45, 7) is 4.13. The molecule has 0 radical (unpaired) electrons. The van der Waals surface area contributed by atoms with Crippen LogP contribution >= 0.6 is 11.6 Å². The molecule has 1 saturated heterocycles. The van der Waals surface area contributed by atoms with Gasteiger partial charge in [0, 0.05) is 68.2 Å².